The number of carbonyl (C=O) groups is 1. The molecule has 1 aliphatic heterocycles. The van der Waals surface area contributed by atoms with Gasteiger partial charge in [0.25, 0.3) is 0 Å². The molecule has 1 saturated heterocycles. The fourth-order valence-corrected chi connectivity index (χ4v) is 2.48. The number of benzene rings is 1. The maximum Gasteiger partial charge on any atom is 0.241 e. The molecule has 3 N–H and O–H groups in total. The standard InChI is InChI=1S/C14H19BrN2O2.ClH/c1-9-8-11(2-3-12(9)15)17-14(18)13(16)10-4-6-19-7-5-10;/h2-3,8,10,13H,4-7,16H2,1H3,(H,17,18);1H. The molecule has 1 aromatic rings. The molecule has 1 heterocycles. The van der Waals surface area contributed by atoms with E-state index in [4.69, 9.17) is 10.5 Å². The summed E-state index contributed by atoms with van der Waals surface area (Å²) < 4.78 is 6.31. The molecule has 1 aliphatic rings. The molecule has 1 amide bonds. The second-order valence-electron chi connectivity index (χ2n) is 4.93. The number of nitrogens with one attached hydrogen (secondary N) is 1. The van der Waals surface area contributed by atoms with Crippen LogP contribution in [0.25, 0.3) is 0 Å². The first-order valence-electron chi connectivity index (χ1n) is 6.48. The highest BCUT2D eigenvalue weighted by atomic mass is 79.9. The minimum absolute atomic E-state index is 0. The van der Waals surface area contributed by atoms with Crippen LogP contribution in [-0.2, 0) is 9.53 Å². The Bertz CT molecular complexity index is 464. The van der Waals surface area contributed by atoms with E-state index >= 15 is 0 Å². The summed E-state index contributed by atoms with van der Waals surface area (Å²) in [4.78, 5) is 12.1. The highest BCUT2D eigenvalue weighted by Gasteiger charge is 2.26. The molecule has 0 saturated carbocycles. The number of amides is 1. The van der Waals surface area contributed by atoms with E-state index in [1.807, 2.05) is 25.1 Å². The summed E-state index contributed by atoms with van der Waals surface area (Å²) in [5.41, 5.74) is 7.90. The molecule has 0 bridgehead atoms. The fraction of sp³-hybridized carbons (Fsp3) is 0.500. The Morgan fingerprint density at radius 1 is 1.45 bits per heavy atom. The Labute approximate surface area is 134 Å². The lowest BCUT2D eigenvalue weighted by molar-refractivity contribution is -0.119. The molecular weight excluding hydrogens is 344 g/mol. The van der Waals surface area contributed by atoms with Crippen LogP contribution in [0.15, 0.2) is 22.7 Å². The second kappa shape index (κ2) is 7.98. The first kappa shape index (κ1) is 17.4. The summed E-state index contributed by atoms with van der Waals surface area (Å²) in [7, 11) is 0. The van der Waals surface area contributed by atoms with Crippen molar-refractivity contribution in [3.05, 3.63) is 28.2 Å². The number of nitrogens with two attached hydrogens (primary N) is 1. The van der Waals surface area contributed by atoms with Crippen LogP contribution in [0.3, 0.4) is 0 Å². The zero-order chi connectivity index (χ0) is 13.8. The van der Waals surface area contributed by atoms with Crippen LogP contribution in [0.4, 0.5) is 5.69 Å². The molecule has 1 atom stereocenters. The molecule has 0 spiro atoms. The van der Waals surface area contributed by atoms with Crippen LogP contribution in [0.2, 0.25) is 0 Å². The van der Waals surface area contributed by atoms with Gasteiger partial charge in [0, 0.05) is 23.4 Å². The number of hydrogen-bond acceptors (Lipinski definition) is 3. The van der Waals surface area contributed by atoms with Crippen molar-refractivity contribution in [3.63, 3.8) is 0 Å². The van der Waals surface area contributed by atoms with Gasteiger partial charge in [0.1, 0.15) is 0 Å². The molecule has 112 valence electrons. The number of hydrogen-bond donors (Lipinski definition) is 2. The lowest BCUT2D eigenvalue weighted by Gasteiger charge is -2.26. The van der Waals surface area contributed by atoms with E-state index < -0.39 is 6.04 Å². The average Bonchev–Trinajstić information content (AvgIpc) is 2.43. The average molecular weight is 364 g/mol. The van der Waals surface area contributed by atoms with Gasteiger partial charge in [0.05, 0.1) is 6.04 Å². The summed E-state index contributed by atoms with van der Waals surface area (Å²) in [6.07, 6.45) is 1.71. The Morgan fingerprint density at radius 3 is 2.70 bits per heavy atom. The maximum absolute atomic E-state index is 12.1. The zero-order valence-electron chi connectivity index (χ0n) is 11.4. The van der Waals surface area contributed by atoms with E-state index in [0.29, 0.717) is 13.2 Å². The molecule has 1 aromatic carbocycles. The smallest absolute Gasteiger partial charge is 0.241 e. The Kier molecular flexibility index (Phi) is 6.95. The van der Waals surface area contributed by atoms with Crippen LogP contribution in [-0.4, -0.2) is 25.2 Å². The van der Waals surface area contributed by atoms with Crippen molar-refractivity contribution in [1.29, 1.82) is 0 Å². The van der Waals surface area contributed by atoms with Gasteiger partial charge in [-0.25, -0.2) is 0 Å². The lowest BCUT2D eigenvalue weighted by atomic mass is 9.92. The van der Waals surface area contributed by atoms with Gasteiger partial charge >= 0.3 is 0 Å². The SMILES string of the molecule is Cc1cc(NC(=O)C(N)C2CCOCC2)ccc1Br.Cl. The van der Waals surface area contributed by atoms with Crippen molar-refractivity contribution in [2.45, 2.75) is 25.8 Å². The van der Waals surface area contributed by atoms with Gasteiger partial charge in [-0.2, -0.15) is 0 Å². The molecule has 20 heavy (non-hydrogen) atoms. The number of aryl methyl sites for hydroxylation is 1. The minimum Gasteiger partial charge on any atom is -0.381 e. The molecule has 1 unspecified atom stereocenters. The third-order valence-corrected chi connectivity index (χ3v) is 4.39. The topological polar surface area (TPSA) is 64.4 Å². The van der Waals surface area contributed by atoms with Crippen LogP contribution in [0.5, 0.6) is 0 Å². The Morgan fingerprint density at radius 2 is 2.10 bits per heavy atom. The highest BCUT2D eigenvalue weighted by Crippen LogP contribution is 2.22. The van der Waals surface area contributed by atoms with E-state index in [1.165, 1.54) is 0 Å². The number of ether oxygens (including phenoxy) is 1. The molecule has 0 radical (unpaired) electrons. The van der Waals surface area contributed by atoms with Crippen LogP contribution >= 0.6 is 28.3 Å². The van der Waals surface area contributed by atoms with E-state index in [0.717, 1.165) is 28.6 Å². The molecular formula is C14H20BrClN2O2. The van der Waals surface area contributed by atoms with E-state index in [9.17, 15) is 4.79 Å². The van der Waals surface area contributed by atoms with Crippen LogP contribution in [0.1, 0.15) is 18.4 Å². The third-order valence-electron chi connectivity index (χ3n) is 3.50. The molecule has 4 nitrogen and oxygen atoms in total. The van der Waals surface area contributed by atoms with Gasteiger partial charge in [-0.3, -0.25) is 4.79 Å². The summed E-state index contributed by atoms with van der Waals surface area (Å²) in [6, 6.07) is 5.25. The quantitative estimate of drug-likeness (QED) is 0.868. The molecule has 2 rings (SSSR count). The first-order chi connectivity index (χ1) is 9.08. The van der Waals surface area contributed by atoms with Gasteiger partial charge in [0.2, 0.25) is 5.91 Å². The van der Waals surface area contributed by atoms with Crippen molar-refractivity contribution in [3.8, 4) is 0 Å². The molecule has 6 heteroatoms. The zero-order valence-corrected chi connectivity index (χ0v) is 13.8. The highest BCUT2D eigenvalue weighted by molar-refractivity contribution is 9.10. The predicted octanol–water partition coefficient (Wildman–Crippen LogP) is 2.87. The summed E-state index contributed by atoms with van der Waals surface area (Å²) in [5.74, 6) is 0.0962. The van der Waals surface area contributed by atoms with Gasteiger partial charge in [-0.15, -0.1) is 12.4 Å². The molecule has 0 aromatic heterocycles. The van der Waals surface area contributed by atoms with Crippen LogP contribution < -0.4 is 11.1 Å². The number of anilines is 1. The van der Waals surface area contributed by atoms with Crippen molar-refractivity contribution in [2.75, 3.05) is 18.5 Å². The monoisotopic (exact) mass is 362 g/mol. The largest absolute Gasteiger partial charge is 0.381 e. The number of rotatable bonds is 3. The number of halogens is 2. The van der Waals surface area contributed by atoms with Gasteiger partial charge < -0.3 is 15.8 Å². The van der Waals surface area contributed by atoms with Gasteiger partial charge in [-0.1, -0.05) is 15.9 Å². The Hall–Kier alpha value is -0.620. The van der Waals surface area contributed by atoms with Crippen LogP contribution in [0, 0.1) is 12.8 Å². The third kappa shape index (κ3) is 4.45. The van der Waals surface area contributed by atoms with Crippen molar-refractivity contribution in [2.24, 2.45) is 11.7 Å². The van der Waals surface area contributed by atoms with E-state index in [2.05, 4.69) is 21.2 Å². The predicted molar refractivity (Wildman–Crippen MR) is 86.3 cm³/mol. The van der Waals surface area contributed by atoms with Gasteiger partial charge in [0.15, 0.2) is 0 Å². The number of carbonyl (C=O) groups excluding carboxylic acids is 1. The second-order valence-corrected chi connectivity index (χ2v) is 5.78. The molecule has 1 fully saturated rings. The first-order valence-corrected chi connectivity index (χ1v) is 7.27. The van der Waals surface area contributed by atoms with E-state index in [1.54, 1.807) is 0 Å². The van der Waals surface area contributed by atoms with Gasteiger partial charge in [-0.05, 0) is 49.4 Å². The van der Waals surface area contributed by atoms with Crippen molar-refractivity contribution >= 4 is 39.9 Å². The summed E-state index contributed by atoms with van der Waals surface area (Å²) in [6.45, 7) is 3.38. The summed E-state index contributed by atoms with van der Waals surface area (Å²) in [5, 5.41) is 2.88. The Balaban J connectivity index is 0.00000200. The normalized spacial score (nSPS) is 17.1. The minimum atomic E-state index is -0.465. The maximum atomic E-state index is 12.1. The van der Waals surface area contributed by atoms with Crippen molar-refractivity contribution < 1.29 is 9.53 Å². The van der Waals surface area contributed by atoms with Crippen molar-refractivity contribution in [1.82, 2.24) is 0 Å². The summed E-state index contributed by atoms with van der Waals surface area (Å²) >= 11 is 3.44. The lowest BCUT2D eigenvalue weighted by Crippen LogP contribution is -2.44. The van der Waals surface area contributed by atoms with E-state index in [-0.39, 0.29) is 24.2 Å². The fourth-order valence-electron chi connectivity index (χ4n) is 2.24. The molecule has 0 aliphatic carbocycles.